The molecule has 2 aromatic carbocycles. The molecule has 0 bridgehead atoms. The number of hydrogen-bond acceptors (Lipinski definition) is 19. The van der Waals surface area contributed by atoms with Gasteiger partial charge in [0.15, 0.2) is 11.9 Å². The fraction of sp³-hybridized carbons (Fsp3) is 0.559. The number of nitrogens with one attached hydrogen (secondary N) is 12. The van der Waals surface area contributed by atoms with Gasteiger partial charge in [0.2, 0.25) is 70.9 Å². The van der Waals surface area contributed by atoms with Gasteiger partial charge in [-0.05, 0) is 109 Å². The third kappa shape index (κ3) is 33.1. The summed E-state index contributed by atoms with van der Waals surface area (Å²) in [6.45, 7) is 2.29. The monoisotopic (exact) mass is 1320 g/mol. The topological polar surface area (TPSA) is 597 Å². The lowest BCUT2D eigenvalue weighted by Crippen LogP contribution is -2.60. The summed E-state index contributed by atoms with van der Waals surface area (Å²) in [7, 11) is 0. The Labute approximate surface area is 545 Å². The predicted octanol–water partition coefficient (Wildman–Crippen LogP) is -8.12. The molecule has 28 N–H and O–H groups in total. The average molecular weight is 1320 g/mol. The molecular formula is C59H97N21O14. The smallest absolute Gasteiger partial charge is 0.245 e. The van der Waals surface area contributed by atoms with E-state index < -0.39 is 151 Å². The molecule has 35 heteroatoms. The van der Waals surface area contributed by atoms with Crippen molar-refractivity contribution in [3.8, 4) is 0 Å². The average Bonchev–Trinajstić information content (AvgIpc) is 1.00. The Bertz CT molecular complexity index is 2830. The summed E-state index contributed by atoms with van der Waals surface area (Å²) in [6.07, 6.45) is 0.215. The zero-order valence-electron chi connectivity index (χ0n) is 53.4. The number of nitrogens with two attached hydrogens (primary N) is 7. The number of aliphatic hydroxyl groups excluding tert-OH is 2. The summed E-state index contributed by atoms with van der Waals surface area (Å²) in [5, 5.41) is 50.9. The van der Waals surface area contributed by atoms with Crippen molar-refractivity contribution in [1.29, 1.82) is 0 Å². The lowest BCUT2D eigenvalue weighted by atomic mass is 10.0. The van der Waals surface area contributed by atoms with E-state index in [2.05, 4.69) is 73.8 Å². The molecule has 2 aromatic rings. The molecule has 0 aromatic heterocycles. The standard InChI is InChI=1S/C59H97N21O14/c1-34(72-46(84)32-71-57(94)48(36(3)82)80-55(92)43(28-37-16-6-4-7-17-37)74-47(85)31-70-45(83)30-67-29-38-18-8-5-9-19-38)50(87)76-42(23-15-27-69-59(65)66)53(90)78-40(21-11-13-25-61)54(91)79-44(33-81)56(93)73-35(2)51(88)77-41(22-14-26-68-58(63)64)52(89)75-39(49(62)86)20-10-12-24-60/h4-9,16-19,34-36,39-44,48,67,81-82H,10-15,20-33,60-61H2,1-3H3,(H2,62,86)(H,70,83)(H,71,94)(H,72,84)(H,73,93)(H,74,85)(H,75,89)(H,76,87)(H,77,88)(H,78,90)(H,79,91)(H,80,92)(H4,63,64,68)(H4,65,66,69)/t34-,35-,36+,39-,40-,41-,42-,43-,44-,48-/m0/s1. The van der Waals surface area contributed by atoms with Crippen LogP contribution in [0.4, 0.5) is 0 Å². The Morgan fingerprint density at radius 3 is 1.32 bits per heavy atom. The highest BCUT2D eigenvalue weighted by Crippen LogP contribution is 2.10. The summed E-state index contributed by atoms with van der Waals surface area (Å²) in [5.74, 6) is -10.9. The van der Waals surface area contributed by atoms with E-state index in [4.69, 9.17) is 40.1 Å². The number of benzene rings is 2. The number of amides is 12. The number of unbranched alkanes of at least 4 members (excludes halogenated alkanes) is 2. The van der Waals surface area contributed by atoms with Crippen LogP contribution in [-0.4, -0.2) is 206 Å². The maximum atomic E-state index is 14.1. The van der Waals surface area contributed by atoms with Crippen LogP contribution in [0, 0.1) is 0 Å². The van der Waals surface area contributed by atoms with Crippen molar-refractivity contribution in [3.05, 3.63) is 71.8 Å². The van der Waals surface area contributed by atoms with Crippen LogP contribution in [0.3, 0.4) is 0 Å². The molecule has 10 atom stereocenters. The van der Waals surface area contributed by atoms with E-state index in [0.717, 1.165) is 5.56 Å². The Morgan fingerprint density at radius 2 is 0.840 bits per heavy atom. The molecule has 2 rings (SSSR count). The summed E-state index contributed by atoms with van der Waals surface area (Å²) in [6, 6.07) is 5.09. The fourth-order valence-corrected chi connectivity index (χ4v) is 8.83. The Hall–Kier alpha value is -9.58. The summed E-state index contributed by atoms with van der Waals surface area (Å²) in [5.41, 5.74) is 40.2. The van der Waals surface area contributed by atoms with E-state index in [-0.39, 0.29) is 89.5 Å². The zero-order chi connectivity index (χ0) is 70.1. The number of rotatable bonds is 46. The van der Waals surface area contributed by atoms with Crippen LogP contribution in [0.2, 0.25) is 0 Å². The molecule has 0 unspecified atom stereocenters. The van der Waals surface area contributed by atoms with Gasteiger partial charge in [-0.25, -0.2) is 0 Å². The minimum Gasteiger partial charge on any atom is -0.394 e. The lowest BCUT2D eigenvalue weighted by Gasteiger charge is -2.26. The molecule has 0 saturated heterocycles. The number of nitrogens with zero attached hydrogens (tertiary/aromatic N) is 2. The van der Waals surface area contributed by atoms with Crippen LogP contribution in [0.5, 0.6) is 0 Å². The van der Waals surface area contributed by atoms with Gasteiger partial charge in [-0.1, -0.05) is 60.7 Å². The van der Waals surface area contributed by atoms with Crippen LogP contribution in [0.1, 0.15) is 96.1 Å². The van der Waals surface area contributed by atoms with E-state index in [1.165, 1.54) is 20.8 Å². The van der Waals surface area contributed by atoms with Gasteiger partial charge in [-0.3, -0.25) is 67.5 Å². The molecule has 0 fully saturated rings. The van der Waals surface area contributed by atoms with Crippen LogP contribution in [-0.2, 0) is 70.5 Å². The first-order valence-electron chi connectivity index (χ1n) is 30.8. The minimum atomic E-state index is -1.72. The number of guanidine groups is 2. The molecule has 35 nitrogen and oxygen atoms in total. The summed E-state index contributed by atoms with van der Waals surface area (Å²) in [4.78, 5) is 168. The van der Waals surface area contributed by atoms with Crippen molar-refractivity contribution in [2.75, 3.05) is 52.4 Å². The third-order valence-electron chi connectivity index (χ3n) is 14.0. The fourth-order valence-electron chi connectivity index (χ4n) is 8.83. The van der Waals surface area contributed by atoms with Gasteiger partial charge in [-0.15, -0.1) is 0 Å². The van der Waals surface area contributed by atoms with Crippen molar-refractivity contribution in [2.24, 2.45) is 50.1 Å². The second-order valence-electron chi connectivity index (χ2n) is 22.0. The molecule has 0 radical (unpaired) electrons. The van der Waals surface area contributed by atoms with Gasteiger partial charge in [0.25, 0.3) is 0 Å². The normalized spacial score (nSPS) is 14.0. The van der Waals surface area contributed by atoms with Crippen molar-refractivity contribution in [1.82, 2.24) is 63.8 Å². The molecule has 0 spiro atoms. The number of primary amides is 1. The zero-order valence-corrected chi connectivity index (χ0v) is 53.4. The maximum Gasteiger partial charge on any atom is 0.245 e. The molecule has 0 aliphatic rings. The van der Waals surface area contributed by atoms with Crippen molar-refractivity contribution in [3.63, 3.8) is 0 Å². The van der Waals surface area contributed by atoms with Gasteiger partial charge >= 0.3 is 0 Å². The highest BCUT2D eigenvalue weighted by atomic mass is 16.3. The molecule has 0 aliphatic carbocycles. The number of aliphatic hydroxyl groups is 2. The summed E-state index contributed by atoms with van der Waals surface area (Å²) >= 11 is 0. The number of hydrogen-bond donors (Lipinski definition) is 21. The quantitative estimate of drug-likeness (QED) is 0.0166. The molecule has 94 heavy (non-hydrogen) atoms. The van der Waals surface area contributed by atoms with Crippen molar-refractivity contribution in [2.45, 2.75) is 158 Å². The van der Waals surface area contributed by atoms with Gasteiger partial charge in [0.1, 0.15) is 54.4 Å². The molecule has 522 valence electrons. The van der Waals surface area contributed by atoms with Crippen LogP contribution in [0.25, 0.3) is 0 Å². The van der Waals surface area contributed by atoms with E-state index in [0.29, 0.717) is 37.9 Å². The van der Waals surface area contributed by atoms with E-state index in [1.54, 1.807) is 30.3 Å². The van der Waals surface area contributed by atoms with Crippen LogP contribution >= 0.6 is 0 Å². The SMILES string of the molecule is C[C@H](NC(=O)CNC(=O)[C@@H](NC(=O)[C@H](Cc1ccccc1)NC(=O)CNC(=O)CNCc1ccccc1)[C@@H](C)O)C(=O)N[C@@H](CCCN=C(N)N)C(=O)N[C@@H](CCCCN)C(=O)N[C@@H](CO)C(=O)N[C@@H](C)C(=O)N[C@@H](CCCN=C(N)N)C(=O)N[C@@H](CCCCN)C(N)=O. The minimum absolute atomic E-state index is 0.0129. The molecular weight excluding hydrogens is 1230 g/mol. The second kappa shape index (κ2) is 44.8. The van der Waals surface area contributed by atoms with Crippen LogP contribution < -0.4 is 104 Å². The third-order valence-corrected chi connectivity index (χ3v) is 14.0. The van der Waals surface area contributed by atoms with Gasteiger partial charge in [0.05, 0.1) is 32.3 Å². The first-order valence-corrected chi connectivity index (χ1v) is 30.8. The van der Waals surface area contributed by atoms with Crippen molar-refractivity contribution < 1.29 is 67.7 Å². The van der Waals surface area contributed by atoms with Gasteiger partial charge in [-0.2, -0.15) is 0 Å². The predicted molar refractivity (Wildman–Crippen MR) is 347 cm³/mol. The Morgan fingerprint density at radius 1 is 0.426 bits per heavy atom. The van der Waals surface area contributed by atoms with Crippen LogP contribution in [0.15, 0.2) is 70.6 Å². The van der Waals surface area contributed by atoms with E-state index in [1.807, 2.05) is 30.3 Å². The highest BCUT2D eigenvalue weighted by Gasteiger charge is 2.34. The van der Waals surface area contributed by atoms with E-state index >= 15 is 0 Å². The Balaban J connectivity index is 2.18. The van der Waals surface area contributed by atoms with Gasteiger partial charge < -0.3 is 114 Å². The first kappa shape index (κ1) is 80.5. The number of carbonyl (C=O) groups excluding carboxylic acids is 12. The molecule has 0 heterocycles. The Kier molecular flexibility index (Phi) is 38.4. The van der Waals surface area contributed by atoms with E-state index in [9.17, 15) is 67.7 Å². The number of carbonyl (C=O) groups is 12. The maximum absolute atomic E-state index is 14.1. The largest absolute Gasteiger partial charge is 0.394 e. The first-order chi connectivity index (χ1) is 44.7. The second-order valence-corrected chi connectivity index (χ2v) is 22.0. The van der Waals surface area contributed by atoms with Gasteiger partial charge in [0, 0.05) is 26.1 Å². The molecule has 0 saturated carbocycles. The number of aliphatic imine (C=N–C) groups is 2. The summed E-state index contributed by atoms with van der Waals surface area (Å²) < 4.78 is 0. The van der Waals surface area contributed by atoms with Crippen molar-refractivity contribution >= 4 is 82.8 Å². The highest BCUT2D eigenvalue weighted by molar-refractivity contribution is 5.98. The lowest BCUT2D eigenvalue weighted by molar-refractivity contribution is -0.136. The molecule has 12 amide bonds. The molecule has 0 aliphatic heterocycles.